The van der Waals surface area contributed by atoms with Crippen LogP contribution in [0.1, 0.15) is 29.7 Å². The number of rotatable bonds is 5. The summed E-state index contributed by atoms with van der Waals surface area (Å²) in [4.78, 5) is 0. The Morgan fingerprint density at radius 1 is 1.27 bits per heavy atom. The fraction of sp³-hybridized carbons (Fsp3) is 0.500. The second-order valence-corrected chi connectivity index (χ2v) is 3.80. The van der Waals surface area contributed by atoms with E-state index in [4.69, 9.17) is 10.6 Å². The minimum atomic E-state index is 0.0727. The van der Waals surface area contributed by atoms with Crippen molar-refractivity contribution in [1.29, 1.82) is 0 Å². The molecule has 1 rings (SSSR count). The summed E-state index contributed by atoms with van der Waals surface area (Å²) in [5, 5.41) is 0. The van der Waals surface area contributed by atoms with E-state index >= 15 is 0 Å². The van der Waals surface area contributed by atoms with E-state index in [0.29, 0.717) is 13.2 Å². The molecule has 0 amide bonds. The summed E-state index contributed by atoms with van der Waals surface area (Å²) in [6, 6.07) is 6.49. The highest BCUT2D eigenvalue weighted by molar-refractivity contribution is 5.30. The first kappa shape index (κ1) is 12.2. The molecule has 0 heterocycles. The molecular weight excluding hydrogens is 188 g/mol. The van der Waals surface area contributed by atoms with Crippen molar-refractivity contribution in [2.24, 2.45) is 5.84 Å². The van der Waals surface area contributed by atoms with Crippen molar-refractivity contribution in [2.45, 2.75) is 26.8 Å². The monoisotopic (exact) mass is 208 g/mol. The van der Waals surface area contributed by atoms with E-state index in [1.54, 1.807) is 0 Å². The Hall–Kier alpha value is -0.900. The van der Waals surface area contributed by atoms with Gasteiger partial charge in [0.15, 0.2) is 0 Å². The normalized spacial score (nSPS) is 12.8. The van der Waals surface area contributed by atoms with Crippen molar-refractivity contribution in [3.63, 3.8) is 0 Å². The van der Waals surface area contributed by atoms with Gasteiger partial charge in [-0.05, 0) is 26.3 Å². The standard InChI is InChI=1S/C12H20N2O/c1-4-15-8-12(14-13)11-6-9(2)5-10(3)7-11/h5-7,12,14H,4,8,13H2,1-3H3. The third-order valence-corrected chi connectivity index (χ3v) is 2.34. The Balaban J connectivity index is 2.81. The van der Waals surface area contributed by atoms with Crippen LogP contribution in [0.2, 0.25) is 0 Å². The maximum Gasteiger partial charge on any atom is 0.0694 e. The minimum Gasteiger partial charge on any atom is -0.380 e. The third kappa shape index (κ3) is 3.63. The molecule has 0 bridgehead atoms. The van der Waals surface area contributed by atoms with Gasteiger partial charge in [0.2, 0.25) is 0 Å². The SMILES string of the molecule is CCOCC(NN)c1cc(C)cc(C)c1. The Kier molecular flexibility index (Phi) is 4.75. The molecule has 0 fully saturated rings. The van der Waals surface area contributed by atoms with Crippen LogP contribution in [0.3, 0.4) is 0 Å². The lowest BCUT2D eigenvalue weighted by Gasteiger charge is -2.17. The molecule has 0 saturated carbocycles. The summed E-state index contributed by atoms with van der Waals surface area (Å²) >= 11 is 0. The number of hydrazine groups is 1. The van der Waals surface area contributed by atoms with E-state index in [9.17, 15) is 0 Å². The van der Waals surface area contributed by atoms with Gasteiger partial charge in [-0.25, -0.2) is 0 Å². The van der Waals surface area contributed by atoms with Crippen molar-refractivity contribution in [2.75, 3.05) is 13.2 Å². The number of benzene rings is 1. The van der Waals surface area contributed by atoms with Crippen LogP contribution in [0.15, 0.2) is 18.2 Å². The smallest absolute Gasteiger partial charge is 0.0694 e. The van der Waals surface area contributed by atoms with Crippen molar-refractivity contribution in [3.8, 4) is 0 Å². The van der Waals surface area contributed by atoms with Crippen molar-refractivity contribution < 1.29 is 4.74 Å². The van der Waals surface area contributed by atoms with E-state index in [1.807, 2.05) is 6.92 Å². The van der Waals surface area contributed by atoms with Gasteiger partial charge in [0.05, 0.1) is 12.6 Å². The number of hydrogen-bond acceptors (Lipinski definition) is 3. The molecule has 0 spiro atoms. The van der Waals surface area contributed by atoms with Crippen molar-refractivity contribution in [1.82, 2.24) is 5.43 Å². The first-order valence-corrected chi connectivity index (χ1v) is 5.29. The lowest BCUT2D eigenvalue weighted by atomic mass is 10.0. The average molecular weight is 208 g/mol. The number of hydrogen-bond donors (Lipinski definition) is 2. The Labute approximate surface area is 91.6 Å². The molecule has 0 saturated heterocycles. The zero-order valence-electron chi connectivity index (χ0n) is 9.71. The summed E-state index contributed by atoms with van der Waals surface area (Å²) in [5.41, 5.74) is 6.47. The quantitative estimate of drug-likeness (QED) is 0.573. The number of aryl methyl sites for hydroxylation is 2. The predicted octanol–water partition coefficient (Wildman–Crippen LogP) is 1.84. The molecule has 15 heavy (non-hydrogen) atoms. The van der Waals surface area contributed by atoms with Gasteiger partial charge in [-0.3, -0.25) is 11.3 Å². The van der Waals surface area contributed by atoms with E-state index in [-0.39, 0.29) is 6.04 Å². The van der Waals surface area contributed by atoms with Gasteiger partial charge in [0.1, 0.15) is 0 Å². The van der Waals surface area contributed by atoms with Gasteiger partial charge in [0, 0.05) is 6.61 Å². The summed E-state index contributed by atoms with van der Waals surface area (Å²) in [6.45, 7) is 7.48. The minimum absolute atomic E-state index is 0.0727. The topological polar surface area (TPSA) is 47.3 Å². The molecular formula is C12H20N2O. The summed E-state index contributed by atoms with van der Waals surface area (Å²) < 4.78 is 5.38. The second-order valence-electron chi connectivity index (χ2n) is 3.80. The highest BCUT2D eigenvalue weighted by atomic mass is 16.5. The molecule has 3 N–H and O–H groups in total. The molecule has 0 aliphatic carbocycles. The van der Waals surface area contributed by atoms with Crippen LogP contribution in [-0.2, 0) is 4.74 Å². The second kappa shape index (κ2) is 5.85. The molecule has 1 unspecified atom stereocenters. The Morgan fingerprint density at radius 3 is 2.33 bits per heavy atom. The molecule has 3 heteroatoms. The van der Waals surface area contributed by atoms with E-state index in [1.165, 1.54) is 16.7 Å². The fourth-order valence-corrected chi connectivity index (χ4v) is 1.69. The van der Waals surface area contributed by atoms with Gasteiger partial charge < -0.3 is 4.74 Å². The molecule has 0 radical (unpaired) electrons. The van der Waals surface area contributed by atoms with E-state index in [0.717, 1.165) is 0 Å². The summed E-state index contributed by atoms with van der Waals surface area (Å²) in [7, 11) is 0. The molecule has 1 atom stereocenters. The summed E-state index contributed by atoms with van der Waals surface area (Å²) in [6.07, 6.45) is 0. The van der Waals surface area contributed by atoms with Gasteiger partial charge in [-0.2, -0.15) is 0 Å². The molecule has 0 aliphatic heterocycles. The molecule has 0 aromatic heterocycles. The number of nitrogens with two attached hydrogens (primary N) is 1. The summed E-state index contributed by atoms with van der Waals surface area (Å²) in [5.74, 6) is 5.52. The maximum absolute atomic E-state index is 5.52. The van der Waals surface area contributed by atoms with Gasteiger partial charge in [-0.1, -0.05) is 29.3 Å². The number of nitrogens with one attached hydrogen (secondary N) is 1. The van der Waals surface area contributed by atoms with Crippen LogP contribution in [-0.4, -0.2) is 13.2 Å². The maximum atomic E-state index is 5.52. The lowest BCUT2D eigenvalue weighted by Crippen LogP contribution is -2.31. The third-order valence-electron chi connectivity index (χ3n) is 2.34. The van der Waals surface area contributed by atoms with Gasteiger partial charge in [0.25, 0.3) is 0 Å². The first-order chi connectivity index (χ1) is 7.17. The molecule has 1 aromatic rings. The highest BCUT2D eigenvalue weighted by Gasteiger charge is 2.09. The molecule has 0 aliphatic rings. The molecule has 1 aromatic carbocycles. The van der Waals surface area contributed by atoms with Crippen LogP contribution in [0.5, 0.6) is 0 Å². The lowest BCUT2D eigenvalue weighted by molar-refractivity contribution is 0.123. The van der Waals surface area contributed by atoms with Crippen LogP contribution in [0, 0.1) is 13.8 Å². The van der Waals surface area contributed by atoms with E-state index < -0.39 is 0 Å². The van der Waals surface area contributed by atoms with Crippen LogP contribution in [0.25, 0.3) is 0 Å². The Morgan fingerprint density at radius 2 is 1.87 bits per heavy atom. The van der Waals surface area contributed by atoms with Gasteiger partial charge >= 0.3 is 0 Å². The van der Waals surface area contributed by atoms with E-state index in [2.05, 4.69) is 37.5 Å². The molecule has 84 valence electrons. The fourth-order valence-electron chi connectivity index (χ4n) is 1.69. The predicted molar refractivity (Wildman–Crippen MR) is 62.5 cm³/mol. The first-order valence-electron chi connectivity index (χ1n) is 5.29. The van der Waals surface area contributed by atoms with Crippen LogP contribution in [0.4, 0.5) is 0 Å². The largest absolute Gasteiger partial charge is 0.380 e. The molecule has 3 nitrogen and oxygen atoms in total. The zero-order valence-corrected chi connectivity index (χ0v) is 9.71. The zero-order chi connectivity index (χ0) is 11.3. The van der Waals surface area contributed by atoms with Gasteiger partial charge in [-0.15, -0.1) is 0 Å². The van der Waals surface area contributed by atoms with Crippen molar-refractivity contribution in [3.05, 3.63) is 34.9 Å². The van der Waals surface area contributed by atoms with Crippen LogP contribution >= 0.6 is 0 Å². The highest BCUT2D eigenvalue weighted by Crippen LogP contribution is 2.16. The Bertz CT molecular complexity index is 292. The number of ether oxygens (including phenoxy) is 1. The van der Waals surface area contributed by atoms with Crippen molar-refractivity contribution >= 4 is 0 Å². The van der Waals surface area contributed by atoms with Crippen LogP contribution < -0.4 is 11.3 Å². The average Bonchev–Trinajstić information content (AvgIpc) is 2.17.